The van der Waals surface area contributed by atoms with E-state index in [-0.39, 0.29) is 24.3 Å². The first-order chi connectivity index (χ1) is 9.29. The van der Waals surface area contributed by atoms with E-state index in [1.807, 2.05) is 0 Å². The van der Waals surface area contributed by atoms with Crippen LogP contribution in [-0.2, 0) is 10.0 Å². The molecule has 8 heteroatoms. The summed E-state index contributed by atoms with van der Waals surface area (Å²) < 4.78 is 63.9. The van der Waals surface area contributed by atoms with Crippen LogP contribution in [0, 0.1) is 0 Å². The van der Waals surface area contributed by atoms with Crippen molar-refractivity contribution in [1.82, 2.24) is 10.0 Å². The second-order valence-corrected chi connectivity index (χ2v) is 6.43. The number of benzene rings is 1. The predicted octanol–water partition coefficient (Wildman–Crippen LogP) is 1.65. The largest absolute Gasteiger partial charge is 0.403 e. The van der Waals surface area contributed by atoms with Crippen molar-refractivity contribution in [2.24, 2.45) is 0 Å². The van der Waals surface area contributed by atoms with Crippen molar-refractivity contribution in [3.8, 4) is 0 Å². The lowest BCUT2D eigenvalue weighted by molar-refractivity contribution is -0.160. The van der Waals surface area contributed by atoms with E-state index in [9.17, 15) is 21.6 Å². The topological polar surface area (TPSA) is 58.2 Å². The fourth-order valence-electron chi connectivity index (χ4n) is 2.12. The number of hydrogen-bond donors (Lipinski definition) is 2. The van der Waals surface area contributed by atoms with Gasteiger partial charge >= 0.3 is 6.18 Å². The van der Waals surface area contributed by atoms with Gasteiger partial charge in [0.2, 0.25) is 10.0 Å². The minimum Gasteiger partial charge on any atom is -0.305 e. The second-order valence-electron chi connectivity index (χ2n) is 4.71. The summed E-state index contributed by atoms with van der Waals surface area (Å²) in [5.41, 5.74) is 0. The van der Waals surface area contributed by atoms with E-state index in [0.717, 1.165) is 0 Å². The number of nitrogens with one attached hydrogen (secondary N) is 2. The first-order valence-electron chi connectivity index (χ1n) is 6.16. The molecule has 2 atom stereocenters. The molecule has 2 N–H and O–H groups in total. The van der Waals surface area contributed by atoms with Gasteiger partial charge in [0.1, 0.15) is 6.04 Å². The quantitative estimate of drug-likeness (QED) is 0.892. The van der Waals surface area contributed by atoms with Crippen molar-refractivity contribution in [3.63, 3.8) is 0 Å². The van der Waals surface area contributed by atoms with E-state index in [2.05, 4.69) is 10.0 Å². The summed E-state index contributed by atoms with van der Waals surface area (Å²) in [6.07, 6.45) is -4.27. The number of hydrogen-bond acceptors (Lipinski definition) is 3. The molecule has 1 fully saturated rings. The van der Waals surface area contributed by atoms with Gasteiger partial charge in [-0.15, -0.1) is 0 Å². The molecule has 1 aliphatic heterocycles. The van der Waals surface area contributed by atoms with Gasteiger partial charge < -0.3 is 5.32 Å². The minimum atomic E-state index is -4.29. The highest BCUT2D eigenvalue weighted by atomic mass is 32.2. The van der Waals surface area contributed by atoms with Crippen molar-refractivity contribution in [1.29, 1.82) is 0 Å². The summed E-state index contributed by atoms with van der Waals surface area (Å²) in [7, 11) is -3.68. The lowest BCUT2D eigenvalue weighted by Crippen LogP contribution is -2.54. The first-order valence-corrected chi connectivity index (χ1v) is 7.65. The molecule has 4 nitrogen and oxygen atoms in total. The molecule has 2 unspecified atom stereocenters. The molecule has 0 amide bonds. The lowest BCUT2D eigenvalue weighted by atomic mass is 10.0. The summed E-state index contributed by atoms with van der Waals surface area (Å²) in [4.78, 5) is 0.109. The van der Waals surface area contributed by atoms with Crippen LogP contribution in [-0.4, -0.2) is 33.2 Å². The minimum absolute atomic E-state index is 0.0315. The predicted molar refractivity (Wildman–Crippen MR) is 67.6 cm³/mol. The molecule has 0 aliphatic carbocycles. The Bertz CT molecular complexity index is 538. The third kappa shape index (κ3) is 3.71. The first kappa shape index (κ1) is 15.3. The number of rotatable bonds is 3. The van der Waals surface area contributed by atoms with Crippen molar-refractivity contribution in [2.45, 2.75) is 36.0 Å². The summed E-state index contributed by atoms with van der Waals surface area (Å²) in [6, 6.07) is 5.67. The number of halogens is 3. The van der Waals surface area contributed by atoms with Crippen LogP contribution >= 0.6 is 0 Å². The Balaban J connectivity index is 1.96. The van der Waals surface area contributed by atoms with Crippen LogP contribution in [0.15, 0.2) is 35.2 Å². The maximum atomic E-state index is 12.5. The SMILES string of the molecule is O=S(=O)(NC1CCC(C(F)(F)F)NC1)c1ccccc1. The van der Waals surface area contributed by atoms with Gasteiger partial charge in [0.25, 0.3) is 0 Å². The third-order valence-corrected chi connectivity index (χ3v) is 4.72. The van der Waals surface area contributed by atoms with Crippen molar-refractivity contribution in [3.05, 3.63) is 30.3 Å². The van der Waals surface area contributed by atoms with E-state index in [4.69, 9.17) is 0 Å². The molecule has 0 bridgehead atoms. The molecule has 0 saturated carbocycles. The van der Waals surface area contributed by atoms with Crippen LogP contribution in [0.25, 0.3) is 0 Å². The second kappa shape index (κ2) is 5.71. The highest BCUT2D eigenvalue weighted by Crippen LogP contribution is 2.26. The highest BCUT2D eigenvalue weighted by Gasteiger charge is 2.41. The monoisotopic (exact) mass is 308 g/mol. The third-order valence-electron chi connectivity index (χ3n) is 3.18. The van der Waals surface area contributed by atoms with Crippen LogP contribution in [0.5, 0.6) is 0 Å². The highest BCUT2D eigenvalue weighted by molar-refractivity contribution is 7.89. The molecule has 0 aromatic heterocycles. The molecular formula is C12H15F3N2O2S. The van der Waals surface area contributed by atoms with Gasteiger partial charge in [-0.1, -0.05) is 18.2 Å². The molecule has 1 aromatic rings. The van der Waals surface area contributed by atoms with Gasteiger partial charge in [0.15, 0.2) is 0 Å². The van der Waals surface area contributed by atoms with Crippen LogP contribution < -0.4 is 10.0 Å². The van der Waals surface area contributed by atoms with Crippen LogP contribution in [0.4, 0.5) is 13.2 Å². The van der Waals surface area contributed by atoms with E-state index < -0.39 is 28.3 Å². The molecular weight excluding hydrogens is 293 g/mol. The summed E-state index contributed by atoms with van der Waals surface area (Å²) in [5.74, 6) is 0. The molecule has 2 rings (SSSR count). The zero-order chi connectivity index (χ0) is 14.8. The van der Waals surface area contributed by atoms with E-state index in [1.165, 1.54) is 12.1 Å². The van der Waals surface area contributed by atoms with Crippen molar-refractivity contribution in [2.75, 3.05) is 6.54 Å². The number of sulfonamides is 1. The number of alkyl halides is 3. The van der Waals surface area contributed by atoms with Gasteiger partial charge in [-0.2, -0.15) is 13.2 Å². The van der Waals surface area contributed by atoms with Crippen LogP contribution in [0.2, 0.25) is 0 Å². The van der Waals surface area contributed by atoms with E-state index in [0.29, 0.717) is 0 Å². The van der Waals surface area contributed by atoms with Gasteiger partial charge in [0, 0.05) is 12.6 Å². The molecule has 1 aliphatic rings. The Labute approximate surface area is 115 Å². The molecule has 20 heavy (non-hydrogen) atoms. The fourth-order valence-corrected chi connectivity index (χ4v) is 3.42. The molecule has 0 spiro atoms. The molecule has 0 radical (unpaired) electrons. The zero-order valence-corrected chi connectivity index (χ0v) is 11.3. The normalized spacial score (nSPS) is 24.6. The van der Waals surface area contributed by atoms with Gasteiger partial charge in [0.05, 0.1) is 4.90 Å². The molecule has 1 aromatic carbocycles. The fraction of sp³-hybridized carbons (Fsp3) is 0.500. The Morgan fingerprint density at radius 3 is 2.30 bits per heavy atom. The molecule has 1 saturated heterocycles. The summed E-state index contributed by atoms with van der Waals surface area (Å²) in [6.45, 7) is -0.0315. The average Bonchev–Trinajstić information content (AvgIpc) is 2.39. The standard InChI is InChI=1S/C12H15F3N2O2S/c13-12(14,15)11-7-6-9(8-16-11)17-20(18,19)10-4-2-1-3-5-10/h1-5,9,11,16-17H,6-8H2. The average molecular weight is 308 g/mol. The van der Waals surface area contributed by atoms with Crippen LogP contribution in [0.1, 0.15) is 12.8 Å². The summed E-state index contributed by atoms with van der Waals surface area (Å²) in [5, 5.41) is 2.33. The van der Waals surface area contributed by atoms with E-state index in [1.54, 1.807) is 18.2 Å². The Hall–Kier alpha value is -1.12. The Morgan fingerprint density at radius 1 is 1.15 bits per heavy atom. The van der Waals surface area contributed by atoms with E-state index >= 15 is 0 Å². The van der Waals surface area contributed by atoms with Crippen molar-refractivity contribution < 1.29 is 21.6 Å². The van der Waals surface area contributed by atoms with Crippen LogP contribution in [0.3, 0.4) is 0 Å². The van der Waals surface area contributed by atoms with Gasteiger partial charge in [-0.3, -0.25) is 0 Å². The Morgan fingerprint density at radius 2 is 1.80 bits per heavy atom. The van der Waals surface area contributed by atoms with Crippen molar-refractivity contribution >= 4 is 10.0 Å². The maximum Gasteiger partial charge on any atom is 0.403 e. The molecule has 1 heterocycles. The maximum absolute atomic E-state index is 12.5. The summed E-state index contributed by atoms with van der Waals surface area (Å²) >= 11 is 0. The Kier molecular flexibility index (Phi) is 4.36. The molecule has 112 valence electrons. The smallest absolute Gasteiger partial charge is 0.305 e. The zero-order valence-electron chi connectivity index (χ0n) is 10.5. The van der Waals surface area contributed by atoms with Gasteiger partial charge in [-0.05, 0) is 25.0 Å². The van der Waals surface area contributed by atoms with Gasteiger partial charge in [-0.25, -0.2) is 13.1 Å². The number of piperidine rings is 1. The lowest BCUT2D eigenvalue weighted by Gasteiger charge is -2.31.